The molecule has 1 saturated heterocycles. The van der Waals surface area contributed by atoms with E-state index in [2.05, 4.69) is 30.8 Å². The fraction of sp³-hybridized carbons (Fsp3) is 0.130. The van der Waals surface area contributed by atoms with Crippen molar-refractivity contribution >= 4 is 34.7 Å². The smallest absolute Gasteiger partial charge is 0.274 e. The fourth-order valence-corrected chi connectivity index (χ4v) is 4.11. The summed E-state index contributed by atoms with van der Waals surface area (Å²) in [6, 6.07) is 18.5. The summed E-state index contributed by atoms with van der Waals surface area (Å²) >= 11 is 1.39. The first kappa shape index (κ1) is 20.7. The summed E-state index contributed by atoms with van der Waals surface area (Å²) in [6.07, 6.45) is 0. The van der Waals surface area contributed by atoms with Crippen LogP contribution in [0, 0.1) is 0 Å². The van der Waals surface area contributed by atoms with E-state index >= 15 is 0 Å². The maximum Gasteiger partial charge on any atom is 0.274 e. The molecule has 0 unspecified atom stereocenters. The van der Waals surface area contributed by atoms with Crippen molar-refractivity contribution in [3.05, 3.63) is 71.9 Å². The van der Waals surface area contributed by atoms with E-state index in [1.165, 1.54) is 11.3 Å². The average molecular weight is 458 g/mol. The molecule has 0 atom stereocenters. The van der Waals surface area contributed by atoms with Crippen LogP contribution < -0.4 is 15.5 Å². The van der Waals surface area contributed by atoms with Crippen LogP contribution in [-0.2, 0) is 4.79 Å². The van der Waals surface area contributed by atoms with E-state index in [0.29, 0.717) is 35.4 Å². The molecular formula is C23H19N7O2S. The molecule has 5 rings (SSSR count). The number of aromatic nitrogens is 4. The van der Waals surface area contributed by atoms with Gasteiger partial charge in [-0.1, -0.05) is 53.8 Å². The van der Waals surface area contributed by atoms with E-state index in [-0.39, 0.29) is 24.1 Å². The molecule has 10 heteroatoms. The summed E-state index contributed by atoms with van der Waals surface area (Å²) in [4.78, 5) is 36.2. The summed E-state index contributed by atoms with van der Waals surface area (Å²) in [6.45, 7) is 1.28. The van der Waals surface area contributed by atoms with E-state index in [1.54, 1.807) is 11.6 Å². The lowest BCUT2D eigenvalue weighted by molar-refractivity contribution is -0.120. The zero-order chi connectivity index (χ0) is 22.6. The summed E-state index contributed by atoms with van der Waals surface area (Å²) < 4.78 is 0. The zero-order valence-electron chi connectivity index (χ0n) is 17.4. The molecule has 164 valence electrons. The Morgan fingerprint density at radius 3 is 2.67 bits per heavy atom. The predicted octanol–water partition coefficient (Wildman–Crippen LogP) is 2.85. The van der Waals surface area contributed by atoms with Crippen molar-refractivity contribution in [2.75, 3.05) is 29.9 Å². The van der Waals surface area contributed by atoms with Gasteiger partial charge in [-0.05, 0) is 12.1 Å². The molecule has 1 fully saturated rings. The number of anilines is 2. The molecule has 2 N–H and O–H groups in total. The van der Waals surface area contributed by atoms with Crippen molar-refractivity contribution in [3.63, 3.8) is 0 Å². The van der Waals surface area contributed by atoms with E-state index in [1.807, 2.05) is 59.5 Å². The number of hydrogen-bond acceptors (Lipinski definition) is 8. The van der Waals surface area contributed by atoms with Gasteiger partial charge in [0.2, 0.25) is 5.91 Å². The highest BCUT2D eigenvalue weighted by Gasteiger charge is 2.22. The summed E-state index contributed by atoms with van der Waals surface area (Å²) in [5.74, 6) is 0.482. The van der Waals surface area contributed by atoms with Crippen LogP contribution in [0.25, 0.3) is 22.0 Å². The van der Waals surface area contributed by atoms with Gasteiger partial charge in [-0.3, -0.25) is 9.59 Å². The molecule has 2 amide bonds. The lowest BCUT2D eigenvalue weighted by Crippen LogP contribution is -2.48. The first-order valence-electron chi connectivity index (χ1n) is 10.3. The van der Waals surface area contributed by atoms with E-state index in [4.69, 9.17) is 0 Å². The maximum absolute atomic E-state index is 13.3. The second-order valence-corrected chi connectivity index (χ2v) is 8.15. The van der Waals surface area contributed by atoms with E-state index < -0.39 is 0 Å². The van der Waals surface area contributed by atoms with Crippen molar-refractivity contribution in [2.24, 2.45) is 0 Å². The molecule has 2 aromatic carbocycles. The average Bonchev–Trinajstić information content (AvgIpc) is 3.39. The number of amides is 2. The molecule has 0 bridgehead atoms. The number of nitrogens with zero attached hydrogens (tertiary/aromatic N) is 5. The summed E-state index contributed by atoms with van der Waals surface area (Å²) in [7, 11) is 0. The molecule has 1 aliphatic rings. The molecule has 4 aromatic rings. The van der Waals surface area contributed by atoms with Crippen LogP contribution >= 0.6 is 11.3 Å². The highest BCUT2D eigenvalue weighted by molar-refractivity contribution is 7.12. The molecule has 33 heavy (non-hydrogen) atoms. The SMILES string of the molecule is O=C1CN(c2cc(C(=O)Nc3ccccc3-c3nncs3)nc(-c3ccccc3)n2)CCN1. The molecule has 0 spiro atoms. The van der Waals surface area contributed by atoms with Crippen LogP contribution in [0.15, 0.2) is 66.2 Å². The van der Waals surface area contributed by atoms with E-state index in [0.717, 1.165) is 11.1 Å². The van der Waals surface area contributed by atoms with Crippen molar-refractivity contribution in [1.82, 2.24) is 25.5 Å². The van der Waals surface area contributed by atoms with Gasteiger partial charge in [0.1, 0.15) is 22.0 Å². The Kier molecular flexibility index (Phi) is 5.73. The standard InChI is InChI=1S/C23H19N7O2S/c31-20-13-30(11-10-24-20)19-12-18(26-21(28-19)15-6-2-1-3-7-15)22(32)27-17-9-5-4-8-16(17)23-29-25-14-33-23/h1-9,12,14H,10-11,13H2,(H,24,31)(H,27,32). The number of para-hydroxylation sites is 1. The molecule has 0 aliphatic carbocycles. The topological polar surface area (TPSA) is 113 Å². The number of carbonyl (C=O) groups excluding carboxylic acids is 2. The van der Waals surface area contributed by atoms with E-state index in [9.17, 15) is 9.59 Å². The maximum atomic E-state index is 13.3. The highest BCUT2D eigenvalue weighted by Crippen LogP contribution is 2.29. The number of rotatable bonds is 5. The van der Waals surface area contributed by atoms with Gasteiger partial charge in [0.15, 0.2) is 5.82 Å². The Balaban J connectivity index is 1.51. The minimum Gasteiger partial charge on any atom is -0.353 e. The number of benzene rings is 2. The minimum absolute atomic E-state index is 0.0851. The molecule has 2 aromatic heterocycles. The molecule has 0 saturated carbocycles. The number of piperazine rings is 1. The third kappa shape index (κ3) is 4.55. The normalized spacial score (nSPS) is 13.5. The minimum atomic E-state index is -0.380. The third-order valence-electron chi connectivity index (χ3n) is 5.11. The lowest BCUT2D eigenvalue weighted by Gasteiger charge is -2.28. The number of hydrogen-bond donors (Lipinski definition) is 2. The third-order valence-corrected chi connectivity index (χ3v) is 5.83. The van der Waals surface area contributed by atoms with Gasteiger partial charge in [0.05, 0.1) is 12.2 Å². The first-order chi connectivity index (χ1) is 16.2. The molecular weight excluding hydrogens is 438 g/mol. The van der Waals surface area contributed by atoms with Crippen molar-refractivity contribution in [2.45, 2.75) is 0 Å². The van der Waals surface area contributed by atoms with Gasteiger partial charge >= 0.3 is 0 Å². The van der Waals surface area contributed by atoms with Gasteiger partial charge in [-0.2, -0.15) is 0 Å². The largest absolute Gasteiger partial charge is 0.353 e. The van der Waals surface area contributed by atoms with Gasteiger partial charge in [-0.15, -0.1) is 10.2 Å². The molecule has 3 heterocycles. The van der Waals surface area contributed by atoms with Crippen molar-refractivity contribution < 1.29 is 9.59 Å². The van der Waals surface area contributed by atoms with Crippen LogP contribution in [-0.4, -0.2) is 51.6 Å². The quantitative estimate of drug-likeness (QED) is 0.474. The van der Waals surface area contributed by atoms with Crippen LogP contribution in [0.1, 0.15) is 10.5 Å². The summed E-state index contributed by atoms with van der Waals surface area (Å²) in [5, 5.41) is 14.5. The van der Waals surface area contributed by atoms with Gasteiger partial charge in [0.25, 0.3) is 5.91 Å². The Hall–Kier alpha value is -4.18. The van der Waals surface area contributed by atoms with Crippen molar-refractivity contribution in [3.8, 4) is 22.0 Å². The van der Waals surface area contributed by atoms with Crippen LogP contribution in [0.4, 0.5) is 11.5 Å². The first-order valence-corrected chi connectivity index (χ1v) is 11.2. The van der Waals surface area contributed by atoms with Crippen molar-refractivity contribution in [1.29, 1.82) is 0 Å². The second-order valence-electron chi connectivity index (χ2n) is 7.32. The molecule has 0 radical (unpaired) electrons. The predicted molar refractivity (Wildman–Crippen MR) is 126 cm³/mol. The van der Waals surface area contributed by atoms with Crippen LogP contribution in [0.5, 0.6) is 0 Å². The monoisotopic (exact) mass is 457 g/mol. The van der Waals surface area contributed by atoms with Gasteiger partial charge < -0.3 is 15.5 Å². The number of nitrogens with one attached hydrogen (secondary N) is 2. The molecule has 9 nitrogen and oxygen atoms in total. The Bertz CT molecular complexity index is 1300. The zero-order valence-corrected chi connectivity index (χ0v) is 18.2. The fourth-order valence-electron chi connectivity index (χ4n) is 3.52. The molecule has 1 aliphatic heterocycles. The summed E-state index contributed by atoms with van der Waals surface area (Å²) in [5.41, 5.74) is 4.02. The second kappa shape index (κ2) is 9.13. The van der Waals surface area contributed by atoms with Crippen LogP contribution in [0.2, 0.25) is 0 Å². The Morgan fingerprint density at radius 2 is 1.88 bits per heavy atom. The Labute approximate surface area is 193 Å². The highest BCUT2D eigenvalue weighted by atomic mass is 32.1. The van der Waals surface area contributed by atoms with Crippen LogP contribution in [0.3, 0.4) is 0 Å². The Morgan fingerprint density at radius 1 is 1.06 bits per heavy atom. The number of carbonyl (C=O) groups is 2. The van der Waals surface area contributed by atoms with Gasteiger partial charge in [0, 0.05) is 30.3 Å². The lowest BCUT2D eigenvalue weighted by atomic mass is 10.1. The van der Waals surface area contributed by atoms with Gasteiger partial charge in [-0.25, -0.2) is 9.97 Å².